The van der Waals surface area contributed by atoms with Crippen LogP contribution in [0.1, 0.15) is 30.9 Å². The smallest absolute Gasteiger partial charge is 0.276 e. The third-order valence-corrected chi connectivity index (χ3v) is 2.91. The molecule has 0 spiro atoms. The van der Waals surface area contributed by atoms with Crippen LogP contribution < -0.4 is 0 Å². The number of hydrogen-bond donors (Lipinski definition) is 0. The van der Waals surface area contributed by atoms with Gasteiger partial charge in [-0.05, 0) is 18.9 Å². The lowest BCUT2D eigenvalue weighted by molar-refractivity contribution is 0.373. The van der Waals surface area contributed by atoms with Gasteiger partial charge in [0.05, 0.1) is 11.1 Å². The molecule has 1 aliphatic carbocycles. The van der Waals surface area contributed by atoms with E-state index < -0.39 is 0 Å². The molecule has 0 bridgehead atoms. The topological polar surface area (TPSA) is 51.8 Å². The molecule has 72 valence electrons. The lowest BCUT2D eigenvalue weighted by Crippen LogP contribution is -2.09. The Bertz CT molecular complexity index is 478. The maximum Gasteiger partial charge on any atom is 0.276 e. The maximum atomic E-state index is 5.77. The minimum Gasteiger partial charge on any atom is -0.334 e. The maximum absolute atomic E-state index is 5.77. The van der Waals surface area contributed by atoms with Crippen molar-refractivity contribution in [2.24, 2.45) is 0 Å². The molecule has 0 aromatic carbocycles. The van der Waals surface area contributed by atoms with E-state index in [0.29, 0.717) is 16.8 Å². The van der Waals surface area contributed by atoms with Crippen molar-refractivity contribution in [2.45, 2.75) is 25.2 Å². The number of rotatable bonds is 1. The van der Waals surface area contributed by atoms with Gasteiger partial charge < -0.3 is 4.52 Å². The average Bonchev–Trinajstić information content (AvgIpc) is 2.46. The predicted molar refractivity (Wildman–Crippen MR) is 51.2 cm³/mol. The molecule has 1 fully saturated rings. The zero-order chi connectivity index (χ0) is 9.54. The Labute approximate surface area is 85.2 Å². The quantitative estimate of drug-likeness (QED) is 0.724. The lowest BCUT2D eigenvalue weighted by Gasteiger charge is -2.22. The van der Waals surface area contributed by atoms with E-state index in [2.05, 4.69) is 15.4 Å². The molecule has 0 saturated heterocycles. The molecule has 14 heavy (non-hydrogen) atoms. The minimum absolute atomic E-state index is 0.390. The summed E-state index contributed by atoms with van der Waals surface area (Å²) in [5.74, 6) is 0.525. The minimum atomic E-state index is 0.390. The predicted octanol–water partition coefficient (Wildman–Crippen LogP) is 2.54. The van der Waals surface area contributed by atoms with Gasteiger partial charge in [-0.25, -0.2) is 0 Å². The monoisotopic (exact) mass is 209 g/mol. The number of hydrogen-bond acceptors (Lipinski definition) is 4. The molecule has 4 nitrogen and oxygen atoms in total. The second kappa shape index (κ2) is 2.92. The number of nitrogens with zero attached hydrogens (tertiary/aromatic N) is 3. The summed E-state index contributed by atoms with van der Waals surface area (Å²) in [5, 5.41) is 12.9. The van der Waals surface area contributed by atoms with Gasteiger partial charge in [0.15, 0.2) is 5.15 Å². The van der Waals surface area contributed by atoms with Crippen molar-refractivity contribution in [3.63, 3.8) is 0 Å². The van der Waals surface area contributed by atoms with Crippen LogP contribution in [-0.4, -0.2) is 15.4 Å². The molecule has 0 radical (unpaired) electrons. The molecule has 0 unspecified atom stereocenters. The number of halogens is 1. The standard InChI is InChI=1S/C9H8ClN3O/c10-7-4-6-8(5-2-1-3-5)13-14-9(6)12-11-7/h4-5H,1-3H2. The first-order valence-electron chi connectivity index (χ1n) is 4.63. The summed E-state index contributed by atoms with van der Waals surface area (Å²) in [7, 11) is 0. The first kappa shape index (κ1) is 8.17. The second-order valence-electron chi connectivity index (χ2n) is 3.58. The van der Waals surface area contributed by atoms with E-state index in [1.807, 2.05) is 0 Å². The summed E-state index contributed by atoms with van der Waals surface area (Å²) >= 11 is 5.77. The molecule has 0 N–H and O–H groups in total. The summed E-state index contributed by atoms with van der Waals surface area (Å²) in [5.41, 5.74) is 1.47. The van der Waals surface area contributed by atoms with E-state index in [0.717, 1.165) is 11.1 Å². The molecule has 2 aromatic heterocycles. The van der Waals surface area contributed by atoms with Gasteiger partial charge in [0.1, 0.15) is 0 Å². The largest absolute Gasteiger partial charge is 0.334 e. The Balaban J connectivity index is 2.18. The van der Waals surface area contributed by atoms with E-state index in [9.17, 15) is 0 Å². The van der Waals surface area contributed by atoms with Gasteiger partial charge in [0, 0.05) is 5.92 Å². The van der Waals surface area contributed by atoms with Gasteiger partial charge in [-0.15, -0.1) is 10.2 Å². The normalized spacial score (nSPS) is 17.2. The van der Waals surface area contributed by atoms with Crippen LogP contribution in [0.25, 0.3) is 11.1 Å². The first-order chi connectivity index (χ1) is 6.84. The third kappa shape index (κ3) is 1.10. The van der Waals surface area contributed by atoms with Crippen LogP contribution in [0.4, 0.5) is 0 Å². The SMILES string of the molecule is Clc1cc2c(C3CCC3)noc2nn1. The van der Waals surface area contributed by atoms with Crippen LogP contribution in [0.5, 0.6) is 0 Å². The fourth-order valence-corrected chi connectivity index (χ4v) is 1.87. The zero-order valence-electron chi connectivity index (χ0n) is 7.40. The molecule has 5 heteroatoms. The molecule has 0 atom stereocenters. The highest BCUT2D eigenvalue weighted by Crippen LogP contribution is 2.38. The van der Waals surface area contributed by atoms with Gasteiger partial charge in [0.2, 0.25) is 0 Å². The average molecular weight is 210 g/mol. The first-order valence-corrected chi connectivity index (χ1v) is 5.01. The van der Waals surface area contributed by atoms with Crippen LogP contribution in [-0.2, 0) is 0 Å². The summed E-state index contributed by atoms with van der Waals surface area (Å²) in [6, 6.07) is 1.77. The number of fused-ring (bicyclic) bond motifs is 1. The highest BCUT2D eigenvalue weighted by atomic mass is 35.5. The van der Waals surface area contributed by atoms with Crippen molar-refractivity contribution in [3.05, 3.63) is 16.9 Å². The third-order valence-electron chi connectivity index (χ3n) is 2.73. The zero-order valence-corrected chi connectivity index (χ0v) is 8.16. The summed E-state index contributed by atoms with van der Waals surface area (Å²) in [6.07, 6.45) is 3.63. The molecule has 0 aliphatic heterocycles. The van der Waals surface area contributed by atoms with Crippen LogP contribution in [0.15, 0.2) is 10.6 Å². The van der Waals surface area contributed by atoms with Gasteiger partial charge >= 0.3 is 0 Å². The second-order valence-corrected chi connectivity index (χ2v) is 3.97. The lowest BCUT2D eigenvalue weighted by atomic mass is 9.82. The Kier molecular flexibility index (Phi) is 1.70. The van der Waals surface area contributed by atoms with Crippen molar-refractivity contribution in [2.75, 3.05) is 0 Å². The molecule has 1 saturated carbocycles. The van der Waals surface area contributed by atoms with Crippen molar-refractivity contribution < 1.29 is 4.52 Å². The Morgan fingerprint density at radius 1 is 1.36 bits per heavy atom. The van der Waals surface area contributed by atoms with Crippen LogP contribution in [0.2, 0.25) is 5.15 Å². The molecule has 0 amide bonds. The van der Waals surface area contributed by atoms with Crippen molar-refractivity contribution in [3.8, 4) is 0 Å². The van der Waals surface area contributed by atoms with E-state index in [1.165, 1.54) is 19.3 Å². The van der Waals surface area contributed by atoms with Crippen LogP contribution in [0, 0.1) is 0 Å². The van der Waals surface area contributed by atoms with Gasteiger partial charge in [0.25, 0.3) is 5.71 Å². The fraction of sp³-hybridized carbons (Fsp3) is 0.444. The molecule has 2 heterocycles. The van der Waals surface area contributed by atoms with Gasteiger partial charge in [-0.3, -0.25) is 0 Å². The van der Waals surface area contributed by atoms with Crippen molar-refractivity contribution in [1.82, 2.24) is 15.4 Å². The van der Waals surface area contributed by atoms with Crippen molar-refractivity contribution >= 4 is 22.7 Å². The number of aromatic nitrogens is 3. The summed E-state index contributed by atoms with van der Waals surface area (Å²) < 4.78 is 5.08. The molecular formula is C9H8ClN3O. The molecule has 1 aliphatic rings. The highest BCUT2D eigenvalue weighted by molar-refractivity contribution is 6.29. The van der Waals surface area contributed by atoms with E-state index in [-0.39, 0.29) is 0 Å². The van der Waals surface area contributed by atoms with Gasteiger partial charge in [-0.2, -0.15) is 0 Å². The molecule has 3 rings (SSSR count). The summed E-state index contributed by atoms with van der Waals surface area (Å²) in [6.45, 7) is 0. The van der Waals surface area contributed by atoms with Crippen molar-refractivity contribution in [1.29, 1.82) is 0 Å². The summed E-state index contributed by atoms with van der Waals surface area (Å²) in [4.78, 5) is 0. The Morgan fingerprint density at radius 3 is 2.93 bits per heavy atom. The molecular weight excluding hydrogens is 202 g/mol. The Morgan fingerprint density at radius 2 is 2.21 bits per heavy atom. The fourth-order valence-electron chi connectivity index (χ4n) is 1.73. The van der Waals surface area contributed by atoms with E-state index in [4.69, 9.17) is 16.1 Å². The molecule has 2 aromatic rings. The Hall–Kier alpha value is -1.16. The highest BCUT2D eigenvalue weighted by Gasteiger charge is 2.25. The van der Waals surface area contributed by atoms with E-state index in [1.54, 1.807) is 6.07 Å². The van der Waals surface area contributed by atoms with E-state index >= 15 is 0 Å². The van der Waals surface area contributed by atoms with Gasteiger partial charge in [-0.1, -0.05) is 23.2 Å². The van der Waals surface area contributed by atoms with Crippen LogP contribution in [0.3, 0.4) is 0 Å². The van der Waals surface area contributed by atoms with Crippen LogP contribution >= 0.6 is 11.6 Å².